The van der Waals surface area contributed by atoms with Gasteiger partial charge in [-0.3, -0.25) is 9.59 Å². The van der Waals surface area contributed by atoms with E-state index in [-0.39, 0.29) is 0 Å². The molecule has 0 spiro atoms. The molecule has 0 heterocycles. The molecule has 128 valence electrons. The molecule has 0 N–H and O–H groups in total. The first-order chi connectivity index (χ1) is 10.8. The highest BCUT2D eigenvalue weighted by Crippen LogP contribution is 2.22. The molecule has 0 rings (SSSR count). The minimum absolute atomic E-state index is 0.912. The molecule has 0 bridgehead atoms. The highest BCUT2D eigenvalue weighted by molar-refractivity contribution is 6.22. The van der Waals surface area contributed by atoms with Crippen molar-refractivity contribution in [1.29, 1.82) is 0 Å². The first kappa shape index (κ1) is 20.1. The molecule has 0 aromatic carbocycles. The third-order valence-corrected chi connectivity index (χ3v) is 2.62. The molecule has 0 aliphatic heterocycles. The van der Waals surface area contributed by atoms with Crippen LogP contribution in [0.4, 0.5) is 0 Å². The number of carbonyl (C=O) groups is 5. The highest BCUT2D eigenvalue weighted by Gasteiger charge is 2.43. The average molecular weight is 332 g/mol. The fraction of sp³-hybridized carbons (Fsp3) is 0.462. The Bertz CT molecular complexity index is 511. The van der Waals surface area contributed by atoms with Gasteiger partial charge in [-0.25, -0.2) is 14.4 Å². The van der Waals surface area contributed by atoms with Gasteiger partial charge in [-0.2, -0.15) is 0 Å². The maximum Gasteiger partial charge on any atom is 0.345 e. The molecular weight excluding hydrogens is 316 g/mol. The lowest BCUT2D eigenvalue weighted by Crippen LogP contribution is -2.35. The molecule has 0 unspecified atom stereocenters. The van der Waals surface area contributed by atoms with E-state index in [1.165, 1.54) is 0 Å². The second kappa shape index (κ2) is 9.18. The third kappa shape index (κ3) is 4.53. The van der Waals surface area contributed by atoms with Gasteiger partial charge >= 0.3 is 29.8 Å². The van der Waals surface area contributed by atoms with Gasteiger partial charge in [0.05, 0.1) is 41.1 Å². The summed E-state index contributed by atoms with van der Waals surface area (Å²) in [6, 6.07) is 0. The zero-order valence-electron chi connectivity index (χ0n) is 13.2. The fourth-order valence-corrected chi connectivity index (χ4v) is 1.55. The van der Waals surface area contributed by atoms with Gasteiger partial charge in [-0.15, -0.1) is 0 Å². The summed E-state index contributed by atoms with van der Waals surface area (Å²) in [6.45, 7) is 0. The number of carbonyl (C=O) groups excluding carboxylic acids is 5. The molecule has 0 amide bonds. The van der Waals surface area contributed by atoms with Gasteiger partial charge in [-0.05, 0) is 0 Å². The molecule has 23 heavy (non-hydrogen) atoms. The summed E-state index contributed by atoms with van der Waals surface area (Å²) in [5.74, 6) is -8.46. The van der Waals surface area contributed by atoms with Crippen molar-refractivity contribution in [1.82, 2.24) is 0 Å². The van der Waals surface area contributed by atoms with Crippen molar-refractivity contribution < 1.29 is 47.7 Å². The van der Waals surface area contributed by atoms with Crippen LogP contribution in [0.2, 0.25) is 0 Å². The molecule has 10 nitrogen and oxygen atoms in total. The Balaban J connectivity index is 6.66. The van der Waals surface area contributed by atoms with Crippen LogP contribution >= 0.6 is 0 Å². The van der Waals surface area contributed by atoms with E-state index >= 15 is 0 Å². The van der Waals surface area contributed by atoms with Gasteiger partial charge in [0.15, 0.2) is 11.5 Å². The van der Waals surface area contributed by atoms with Crippen LogP contribution in [0, 0.1) is 5.92 Å². The van der Waals surface area contributed by atoms with E-state index in [0.717, 1.165) is 35.5 Å². The second-order valence-electron chi connectivity index (χ2n) is 3.74. The minimum Gasteiger partial charge on any atom is -0.468 e. The van der Waals surface area contributed by atoms with E-state index in [0.29, 0.717) is 0 Å². The lowest BCUT2D eigenvalue weighted by molar-refractivity contribution is -0.159. The molecule has 0 aromatic rings. The highest BCUT2D eigenvalue weighted by atomic mass is 16.6. The number of rotatable bonds is 6. The lowest BCUT2D eigenvalue weighted by atomic mass is 9.93. The Labute approximate surface area is 131 Å². The van der Waals surface area contributed by atoms with E-state index in [1.54, 1.807) is 0 Å². The SMILES string of the molecule is COC(=O)C(C(=O)OC)=C(C(=O)OC)C(C(=O)OC)C(=O)OC. The molecule has 0 atom stereocenters. The number of hydrogen-bond acceptors (Lipinski definition) is 10. The first-order valence-electron chi connectivity index (χ1n) is 5.95. The standard InChI is InChI=1S/C13H16O10/c1-19-9(14)6(7(10(15)20-2)11(16)21-3)8(12(17)22-4)13(18)23-5/h7H,1-5H3. The Morgan fingerprint density at radius 3 is 1.17 bits per heavy atom. The second-order valence-corrected chi connectivity index (χ2v) is 3.74. The van der Waals surface area contributed by atoms with Crippen LogP contribution in [-0.2, 0) is 47.7 Å². The van der Waals surface area contributed by atoms with Gasteiger partial charge in [0.2, 0.25) is 0 Å². The minimum atomic E-state index is -2.04. The van der Waals surface area contributed by atoms with Crippen molar-refractivity contribution in [3.63, 3.8) is 0 Å². The van der Waals surface area contributed by atoms with Gasteiger partial charge < -0.3 is 23.7 Å². The maximum atomic E-state index is 12.0. The van der Waals surface area contributed by atoms with E-state index in [4.69, 9.17) is 0 Å². The molecule has 0 saturated carbocycles. The lowest BCUT2D eigenvalue weighted by Gasteiger charge is -2.17. The van der Waals surface area contributed by atoms with Crippen LogP contribution < -0.4 is 0 Å². The van der Waals surface area contributed by atoms with E-state index in [1.807, 2.05) is 0 Å². The number of ether oxygens (including phenoxy) is 5. The summed E-state index contributed by atoms with van der Waals surface area (Å²) >= 11 is 0. The Kier molecular flexibility index (Phi) is 8.02. The van der Waals surface area contributed by atoms with Crippen LogP contribution in [0.15, 0.2) is 11.1 Å². The van der Waals surface area contributed by atoms with Gasteiger partial charge in [0, 0.05) is 0 Å². The fourth-order valence-electron chi connectivity index (χ4n) is 1.55. The van der Waals surface area contributed by atoms with Crippen LogP contribution in [0.5, 0.6) is 0 Å². The summed E-state index contributed by atoms with van der Waals surface area (Å²) in [6.07, 6.45) is 0. The summed E-state index contributed by atoms with van der Waals surface area (Å²) in [4.78, 5) is 59.2. The van der Waals surface area contributed by atoms with Gasteiger partial charge in [0.1, 0.15) is 0 Å². The summed E-state index contributed by atoms with van der Waals surface area (Å²) in [7, 11) is 4.63. The van der Waals surface area contributed by atoms with Crippen molar-refractivity contribution in [2.45, 2.75) is 0 Å². The molecule has 0 aromatic heterocycles. The van der Waals surface area contributed by atoms with Crippen molar-refractivity contribution in [2.24, 2.45) is 5.92 Å². The first-order valence-corrected chi connectivity index (χ1v) is 5.95. The predicted octanol–water partition coefficient (Wildman–Crippen LogP) is -1.24. The van der Waals surface area contributed by atoms with Crippen LogP contribution in [0.3, 0.4) is 0 Å². The number of esters is 5. The maximum absolute atomic E-state index is 12.0. The number of methoxy groups -OCH3 is 5. The van der Waals surface area contributed by atoms with Crippen LogP contribution in [-0.4, -0.2) is 65.4 Å². The molecule has 10 heteroatoms. The Hall–Kier alpha value is -2.91. The van der Waals surface area contributed by atoms with Crippen molar-refractivity contribution in [3.05, 3.63) is 11.1 Å². The molecule has 0 radical (unpaired) electrons. The topological polar surface area (TPSA) is 132 Å². The van der Waals surface area contributed by atoms with Crippen molar-refractivity contribution in [2.75, 3.05) is 35.5 Å². The van der Waals surface area contributed by atoms with Gasteiger partial charge in [-0.1, -0.05) is 0 Å². The predicted molar refractivity (Wildman–Crippen MR) is 70.6 cm³/mol. The number of hydrogen-bond donors (Lipinski definition) is 0. The largest absolute Gasteiger partial charge is 0.468 e. The van der Waals surface area contributed by atoms with E-state index < -0.39 is 46.9 Å². The zero-order chi connectivity index (χ0) is 18.2. The monoisotopic (exact) mass is 332 g/mol. The normalized spacial score (nSPS) is 9.48. The van der Waals surface area contributed by atoms with E-state index in [9.17, 15) is 24.0 Å². The van der Waals surface area contributed by atoms with Crippen molar-refractivity contribution >= 4 is 29.8 Å². The van der Waals surface area contributed by atoms with Gasteiger partial charge in [0.25, 0.3) is 0 Å². The Morgan fingerprint density at radius 2 is 0.913 bits per heavy atom. The van der Waals surface area contributed by atoms with Crippen molar-refractivity contribution in [3.8, 4) is 0 Å². The van der Waals surface area contributed by atoms with Crippen LogP contribution in [0.1, 0.15) is 0 Å². The van der Waals surface area contributed by atoms with E-state index in [2.05, 4.69) is 23.7 Å². The quantitative estimate of drug-likeness (QED) is 0.191. The summed E-state index contributed by atoms with van der Waals surface area (Å²) in [5, 5.41) is 0. The molecule has 0 aliphatic carbocycles. The molecular formula is C13H16O10. The molecule has 0 fully saturated rings. The summed E-state index contributed by atoms with van der Waals surface area (Å²) < 4.78 is 22.0. The molecule has 0 saturated heterocycles. The summed E-state index contributed by atoms with van der Waals surface area (Å²) in [5.41, 5.74) is -1.90. The average Bonchev–Trinajstić information content (AvgIpc) is 2.58. The zero-order valence-corrected chi connectivity index (χ0v) is 13.2. The Morgan fingerprint density at radius 1 is 0.565 bits per heavy atom. The molecule has 0 aliphatic rings. The smallest absolute Gasteiger partial charge is 0.345 e. The van der Waals surface area contributed by atoms with Crippen LogP contribution in [0.25, 0.3) is 0 Å². The third-order valence-electron chi connectivity index (χ3n) is 2.62.